The summed E-state index contributed by atoms with van der Waals surface area (Å²) < 4.78 is 12.2. The van der Waals surface area contributed by atoms with E-state index in [1.54, 1.807) is 12.1 Å². The highest BCUT2D eigenvalue weighted by atomic mass is 79.9. The second-order valence-electron chi connectivity index (χ2n) is 6.85. The number of aryl methyl sites for hydroxylation is 1. The van der Waals surface area contributed by atoms with Crippen LogP contribution in [0.3, 0.4) is 0 Å². The van der Waals surface area contributed by atoms with Gasteiger partial charge in [-0.2, -0.15) is 0 Å². The standard InChI is InChI=1S/C18H26BrN5O3/c1-12-4-5-14(19)15(8-12)26-10-13(25)9-21-18(2,3)11-27-17-7-6-16(22-20)23-24-17/h4-8,13,21,25H,9-11,20H2,1-3H3,(H,22,23). The molecule has 9 heteroatoms. The fraction of sp³-hybridized carbons (Fsp3) is 0.444. The van der Waals surface area contributed by atoms with Crippen molar-refractivity contribution in [1.82, 2.24) is 15.5 Å². The molecule has 0 amide bonds. The van der Waals surface area contributed by atoms with Crippen LogP contribution in [0, 0.1) is 6.92 Å². The number of nitrogens with zero attached hydrogens (tertiary/aromatic N) is 2. The largest absolute Gasteiger partial charge is 0.490 e. The molecule has 0 fully saturated rings. The molecule has 0 spiro atoms. The molecule has 0 aliphatic rings. The maximum absolute atomic E-state index is 10.2. The number of nitrogen functional groups attached to an aromatic ring is 1. The lowest BCUT2D eigenvalue weighted by Crippen LogP contribution is -2.48. The van der Waals surface area contributed by atoms with E-state index >= 15 is 0 Å². The third-order valence-electron chi connectivity index (χ3n) is 3.70. The molecule has 0 aliphatic carbocycles. The van der Waals surface area contributed by atoms with Gasteiger partial charge in [-0.25, -0.2) is 5.84 Å². The maximum Gasteiger partial charge on any atom is 0.233 e. The number of aromatic nitrogens is 2. The first-order valence-electron chi connectivity index (χ1n) is 8.54. The van der Waals surface area contributed by atoms with E-state index in [1.807, 2.05) is 39.0 Å². The topological polar surface area (TPSA) is 115 Å². The second kappa shape index (κ2) is 9.84. The molecule has 1 heterocycles. The van der Waals surface area contributed by atoms with Crippen molar-refractivity contribution in [3.05, 3.63) is 40.4 Å². The number of hydrogen-bond donors (Lipinski definition) is 4. The number of rotatable bonds is 10. The molecule has 8 nitrogen and oxygen atoms in total. The fourth-order valence-electron chi connectivity index (χ4n) is 2.14. The van der Waals surface area contributed by atoms with Crippen molar-refractivity contribution in [2.24, 2.45) is 5.84 Å². The Morgan fingerprint density at radius 1 is 1.22 bits per heavy atom. The van der Waals surface area contributed by atoms with E-state index < -0.39 is 6.10 Å². The van der Waals surface area contributed by atoms with Gasteiger partial charge in [-0.05, 0) is 60.5 Å². The summed E-state index contributed by atoms with van der Waals surface area (Å²) in [5, 5.41) is 21.2. The Labute approximate surface area is 167 Å². The Morgan fingerprint density at radius 2 is 2.00 bits per heavy atom. The fourth-order valence-corrected chi connectivity index (χ4v) is 2.50. The van der Waals surface area contributed by atoms with E-state index in [4.69, 9.17) is 15.3 Å². The average molecular weight is 440 g/mol. The van der Waals surface area contributed by atoms with Crippen molar-refractivity contribution in [2.75, 3.05) is 25.2 Å². The van der Waals surface area contributed by atoms with Crippen LogP contribution in [0.1, 0.15) is 19.4 Å². The number of aliphatic hydroxyl groups excluding tert-OH is 1. The molecule has 0 saturated heterocycles. The summed E-state index contributed by atoms with van der Waals surface area (Å²) in [6.07, 6.45) is -0.661. The quantitative estimate of drug-likeness (QED) is 0.328. The highest BCUT2D eigenvalue weighted by molar-refractivity contribution is 9.10. The summed E-state index contributed by atoms with van der Waals surface area (Å²) in [5.74, 6) is 6.82. The minimum Gasteiger partial charge on any atom is -0.490 e. The molecule has 148 valence electrons. The van der Waals surface area contributed by atoms with Gasteiger partial charge in [0.25, 0.3) is 0 Å². The first-order chi connectivity index (χ1) is 12.8. The van der Waals surface area contributed by atoms with Gasteiger partial charge in [0.2, 0.25) is 5.88 Å². The molecule has 0 aliphatic heterocycles. The molecular weight excluding hydrogens is 414 g/mol. The smallest absolute Gasteiger partial charge is 0.233 e. The Bertz CT molecular complexity index is 727. The molecule has 0 saturated carbocycles. The van der Waals surface area contributed by atoms with Gasteiger partial charge in [-0.1, -0.05) is 6.07 Å². The summed E-state index contributed by atoms with van der Waals surface area (Å²) in [7, 11) is 0. The average Bonchev–Trinajstić information content (AvgIpc) is 2.66. The lowest BCUT2D eigenvalue weighted by Gasteiger charge is -2.27. The van der Waals surface area contributed by atoms with Gasteiger partial charge in [-0.15, -0.1) is 10.2 Å². The van der Waals surface area contributed by atoms with Gasteiger partial charge in [-0.3, -0.25) is 0 Å². The third kappa shape index (κ3) is 7.30. The Balaban J connectivity index is 1.75. The van der Waals surface area contributed by atoms with E-state index in [0.29, 0.717) is 30.6 Å². The lowest BCUT2D eigenvalue weighted by atomic mass is 10.1. The first kappa shape index (κ1) is 21.4. The Hall–Kier alpha value is -1.94. The van der Waals surface area contributed by atoms with Gasteiger partial charge in [0.15, 0.2) is 5.82 Å². The monoisotopic (exact) mass is 439 g/mol. The van der Waals surface area contributed by atoms with Gasteiger partial charge < -0.3 is 25.3 Å². The zero-order valence-corrected chi connectivity index (χ0v) is 17.3. The predicted octanol–water partition coefficient (Wildman–Crippen LogP) is 2.02. The molecule has 2 aromatic rings. The summed E-state index contributed by atoms with van der Waals surface area (Å²) in [5.41, 5.74) is 3.12. The van der Waals surface area contributed by atoms with Gasteiger partial charge in [0.05, 0.1) is 4.47 Å². The van der Waals surface area contributed by atoms with E-state index in [1.165, 1.54) is 0 Å². The Morgan fingerprint density at radius 3 is 2.67 bits per heavy atom. The van der Waals surface area contributed by atoms with E-state index in [0.717, 1.165) is 10.0 Å². The molecule has 0 radical (unpaired) electrons. The van der Waals surface area contributed by atoms with Crippen LogP contribution in [-0.4, -0.2) is 46.7 Å². The van der Waals surface area contributed by atoms with Crippen LogP contribution in [0.5, 0.6) is 11.6 Å². The van der Waals surface area contributed by atoms with Crippen LogP contribution in [0.15, 0.2) is 34.8 Å². The van der Waals surface area contributed by atoms with Crippen molar-refractivity contribution in [2.45, 2.75) is 32.4 Å². The molecule has 27 heavy (non-hydrogen) atoms. The highest BCUT2D eigenvalue weighted by Crippen LogP contribution is 2.25. The summed E-state index contributed by atoms with van der Waals surface area (Å²) >= 11 is 3.44. The number of nitrogens with one attached hydrogen (secondary N) is 2. The van der Waals surface area contributed by atoms with Crippen LogP contribution in [0.25, 0.3) is 0 Å². The zero-order chi connectivity index (χ0) is 19.9. The number of anilines is 1. The molecule has 1 aromatic carbocycles. The first-order valence-corrected chi connectivity index (χ1v) is 9.33. The van der Waals surface area contributed by atoms with Crippen LogP contribution >= 0.6 is 15.9 Å². The molecule has 1 unspecified atom stereocenters. The van der Waals surface area contributed by atoms with Crippen molar-refractivity contribution in [3.63, 3.8) is 0 Å². The van der Waals surface area contributed by atoms with Crippen molar-refractivity contribution in [3.8, 4) is 11.6 Å². The van der Waals surface area contributed by atoms with Crippen molar-refractivity contribution in [1.29, 1.82) is 0 Å². The SMILES string of the molecule is Cc1ccc(Br)c(OCC(O)CNC(C)(C)COc2ccc(NN)nn2)c1. The molecule has 5 N–H and O–H groups in total. The van der Waals surface area contributed by atoms with Crippen LogP contribution in [0.4, 0.5) is 5.82 Å². The maximum atomic E-state index is 10.2. The molecular formula is C18H26BrN5O3. The third-order valence-corrected chi connectivity index (χ3v) is 4.36. The number of nitrogens with two attached hydrogens (primary N) is 1. The summed E-state index contributed by atoms with van der Waals surface area (Å²) in [6.45, 7) is 6.84. The van der Waals surface area contributed by atoms with Crippen LogP contribution in [0.2, 0.25) is 0 Å². The van der Waals surface area contributed by atoms with Crippen LogP contribution in [-0.2, 0) is 0 Å². The van der Waals surface area contributed by atoms with Gasteiger partial charge in [0, 0.05) is 18.2 Å². The van der Waals surface area contributed by atoms with E-state index in [2.05, 4.69) is 36.9 Å². The van der Waals surface area contributed by atoms with Crippen molar-refractivity contribution >= 4 is 21.7 Å². The van der Waals surface area contributed by atoms with Crippen molar-refractivity contribution < 1.29 is 14.6 Å². The minimum absolute atomic E-state index is 0.186. The number of aliphatic hydroxyl groups is 1. The number of halogens is 1. The molecule has 2 rings (SSSR count). The van der Waals surface area contributed by atoms with Gasteiger partial charge in [0.1, 0.15) is 25.1 Å². The lowest BCUT2D eigenvalue weighted by molar-refractivity contribution is 0.0919. The number of benzene rings is 1. The summed E-state index contributed by atoms with van der Waals surface area (Å²) in [4.78, 5) is 0. The molecule has 1 aromatic heterocycles. The number of ether oxygens (including phenoxy) is 2. The van der Waals surface area contributed by atoms with E-state index in [9.17, 15) is 5.11 Å². The number of β-amino-alcohol motifs (C(OH)–C–C–N with tert-alkyl or cyclic N) is 1. The Kier molecular flexibility index (Phi) is 7.78. The minimum atomic E-state index is -0.661. The molecule has 1 atom stereocenters. The highest BCUT2D eigenvalue weighted by Gasteiger charge is 2.20. The van der Waals surface area contributed by atoms with Gasteiger partial charge >= 0.3 is 0 Å². The predicted molar refractivity (Wildman–Crippen MR) is 108 cm³/mol. The second-order valence-corrected chi connectivity index (χ2v) is 7.71. The normalized spacial score (nSPS) is 12.5. The number of hydrogen-bond acceptors (Lipinski definition) is 8. The van der Waals surface area contributed by atoms with Crippen LogP contribution < -0.4 is 26.1 Å². The number of hydrazine groups is 1. The zero-order valence-electron chi connectivity index (χ0n) is 15.7. The summed E-state index contributed by atoms with van der Waals surface area (Å²) in [6, 6.07) is 9.19. The van der Waals surface area contributed by atoms with E-state index in [-0.39, 0.29) is 12.1 Å². The molecule has 0 bridgehead atoms.